The number of hydrogen-bond acceptors (Lipinski definition) is 7. The lowest BCUT2D eigenvalue weighted by molar-refractivity contribution is -0.137. The van der Waals surface area contributed by atoms with Crippen LogP contribution in [0.25, 0.3) is 22.1 Å². The van der Waals surface area contributed by atoms with Crippen LogP contribution < -0.4 is 9.47 Å². The van der Waals surface area contributed by atoms with Gasteiger partial charge in [0, 0.05) is 23.3 Å². The quantitative estimate of drug-likeness (QED) is 0.772. The minimum Gasteiger partial charge on any atom is -0.485 e. The minimum atomic E-state index is -0.995. The van der Waals surface area contributed by atoms with Gasteiger partial charge in [0.1, 0.15) is 24.6 Å². The maximum Gasteiger partial charge on any atom is 0.325 e. The first-order valence-corrected chi connectivity index (χ1v) is 8.05. The number of ether oxygens (including phenoxy) is 2. The highest BCUT2D eigenvalue weighted by atomic mass is 32.1. The van der Waals surface area contributed by atoms with E-state index >= 15 is 0 Å². The van der Waals surface area contributed by atoms with Crippen molar-refractivity contribution in [2.45, 2.75) is 6.54 Å². The Morgan fingerprint density at radius 2 is 2.08 bits per heavy atom. The van der Waals surface area contributed by atoms with E-state index in [1.54, 1.807) is 24.5 Å². The topological polar surface area (TPSA) is 99.4 Å². The summed E-state index contributed by atoms with van der Waals surface area (Å²) < 4.78 is 12.6. The summed E-state index contributed by atoms with van der Waals surface area (Å²) in [6, 6.07) is 3.54. The van der Waals surface area contributed by atoms with Gasteiger partial charge < -0.3 is 14.6 Å². The number of aliphatic carboxylic acids is 1. The van der Waals surface area contributed by atoms with Gasteiger partial charge in [-0.15, -0.1) is 16.4 Å². The summed E-state index contributed by atoms with van der Waals surface area (Å²) in [4.78, 5) is 20.4. The Bertz CT molecular complexity index is 890. The molecule has 0 spiro atoms. The Hall–Kier alpha value is -2.94. The summed E-state index contributed by atoms with van der Waals surface area (Å²) in [5.41, 5.74) is 0.762. The molecular weight excluding hydrogens is 332 g/mol. The number of rotatable bonds is 4. The van der Waals surface area contributed by atoms with Crippen molar-refractivity contribution in [1.82, 2.24) is 19.7 Å². The Morgan fingerprint density at radius 1 is 1.29 bits per heavy atom. The van der Waals surface area contributed by atoms with Crippen LogP contribution in [0, 0.1) is 0 Å². The largest absolute Gasteiger partial charge is 0.485 e. The third-order valence-electron chi connectivity index (χ3n) is 3.40. The molecule has 8 nitrogen and oxygen atoms in total. The van der Waals surface area contributed by atoms with E-state index in [2.05, 4.69) is 15.1 Å². The van der Waals surface area contributed by atoms with E-state index in [-0.39, 0.29) is 6.54 Å². The summed E-state index contributed by atoms with van der Waals surface area (Å²) in [5, 5.41) is 15.3. The molecule has 24 heavy (non-hydrogen) atoms. The van der Waals surface area contributed by atoms with Crippen LogP contribution in [0.2, 0.25) is 0 Å². The molecule has 4 heterocycles. The van der Waals surface area contributed by atoms with Crippen LogP contribution in [0.15, 0.2) is 29.9 Å². The summed E-state index contributed by atoms with van der Waals surface area (Å²) >= 11 is 1.39. The fourth-order valence-corrected chi connectivity index (χ4v) is 3.31. The molecule has 0 aliphatic carbocycles. The van der Waals surface area contributed by atoms with Crippen LogP contribution in [0.5, 0.6) is 11.5 Å². The van der Waals surface area contributed by atoms with Crippen LogP contribution in [-0.4, -0.2) is 44.0 Å². The third-order valence-corrected chi connectivity index (χ3v) is 4.34. The highest BCUT2D eigenvalue weighted by Crippen LogP contribution is 2.45. The molecule has 9 heteroatoms. The number of thiophene rings is 1. The van der Waals surface area contributed by atoms with E-state index < -0.39 is 5.97 Å². The van der Waals surface area contributed by atoms with Crippen molar-refractivity contribution >= 4 is 17.3 Å². The van der Waals surface area contributed by atoms with E-state index in [4.69, 9.17) is 14.6 Å². The molecular formula is C15H12N4O4S. The molecule has 4 rings (SSSR count). The zero-order valence-electron chi connectivity index (χ0n) is 12.4. The first kappa shape index (κ1) is 14.6. The Morgan fingerprint density at radius 3 is 2.88 bits per heavy atom. The molecule has 0 aromatic carbocycles. The van der Waals surface area contributed by atoms with Gasteiger partial charge in [-0.3, -0.25) is 9.78 Å². The van der Waals surface area contributed by atoms with E-state index in [0.29, 0.717) is 41.2 Å². The first-order valence-electron chi connectivity index (χ1n) is 7.17. The molecule has 1 aliphatic heterocycles. The fourth-order valence-electron chi connectivity index (χ4n) is 2.39. The average molecular weight is 344 g/mol. The third kappa shape index (κ3) is 2.58. The zero-order chi connectivity index (χ0) is 16.5. The van der Waals surface area contributed by atoms with Crippen molar-refractivity contribution in [1.29, 1.82) is 0 Å². The number of carbonyl (C=O) groups is 1. The lowest BCUT2D eigenvalue weighted by Crippen LogP contribution is -2.15. The predicted molar refractivity (Wildman–Crippen MR) is 85.2 cm³/mol. The molecule has 1 N–H and O–H groups in total. The number of carboxylic acid groups (broad SMARTS) is 1. The standard InChI is InChI=1S/C15H12N4O4S/c20-11(21)7-19-15(13-12-10(8-24-13)22-5-6-23-12)17-14(18-19)9-1-3-16-4-2-9/h1-4,8H,5-7H2,(H,20,21). The van der Waals surface area contributed by atoms with E-state index in [9.17, 15) is 4.79 Å². The molecule has 0 saturated heterocycles. The number of carboxylic acids is 1. The monoisotopic (exact) mass is 344 g/mol. The number of pyridine rings is 1. The van der Waals surface area contributed by atoms with E-state index in [0.717, 1.165) is 5.56 Å². The van der Waals surface area contributed by atoms with Crippen molar-refractivity contribution in [3.05, 3.63) is 29.9 Å². The molecule has 0 fully saturated rings. The zero-order valence-corrected chi connectivity index (χ0v) is 13.2. The maximum atomic E-state index is 11.2. The number of fused-ring (bicyclic) bond motifs is 1. The normalized spacial score (nSPS) is 13.0. The highest BCUT2D eigenvalue weighted by molar-refractivity contribution is 7.14. The van der Waals surface area contributed by atoms with E-state index in [1.807, 2.05) is 5.38 Å². The van der Waals surface area contributed by atoms with Gasteiger partial charge in [0.05, 0.1) is 0 Å². The number of hydrogen-bond donors (Lipinski definition) is 1. The summed E-state index contributed by atoms with van der Waals surface area (Å²) in [6.45, 7) is 0.648. The Balaban J connectivity index is 1.83. The van der Waals surface area contributed by atoms with Crippen LogP contribution in [-0.2, 0) is 11.3 Å². The second kappa shape index (κ2) is 5.93. The van der Waals surface area contributed by atoms with Crippen molar-refractivity contribution in [3.8, 4) is 33.6 Å². The second-order valence-corrected chi connectivity index (χ2v) is 5.88. The van der Waals surface area contributed by atoms with Gasteiger partial charge in [0.15, 0.2) is 23.1 Å². The summed E-state index contributed by atoms with van der Waals surface area (Å²) in [7, 11) is 0. The minimum absolute atomic E-state index is 0.291. The van der Waals surface area contributed by atoms with Crippen LogP contribution >= 0.6 is 11.3 Å². The molecule has 3 aromatic rings. The summed E-state index contributed by atoms with van der Waals surface area (Å²) in [6.07, 6.45) is 3.27. The smallest absolute Gasteiger partial charge is 0.325 e. The molecule has 0 atom stereocenters. The number of nitrogens with zero attached hydrogens (tertiary/aromatic N) is 4. The van der Waals surface area contributed by atoms with Crippen molar-refractivity contribution in [2.24, 2.45) is 0 Å². The molecule has 0 radical (unpaired) electrons. The molecule has 0 amide bonds. The Kier molecular flexibility index (Phi) is 3.62. The van der Waals surface area contributed by atoms with Crippen molar-refractivity contribution in [3.63, 3.8) is 0 Å². The van der Waals surface area contributed by atoms with Gasteiger partial charge in [-0.2, -0.15) is 0 Å². The van der Waals surface area contributed by atoms with Crippen LogP contribution in [0.4, 0.5) is 0 Å². The van der Waals surface area contributed by atoms with Gasteiger partial charge in [0.2, 0.25) is 0 Å². The van der Waals surface area contributed by atoms with Gasteiger partial charge in [-0.05, 0) is 12.1 Å². The fraction of sp³-hybridized carbons (Fsp3) is 0.200. The first-order chi connectivity index (χ1) is 11.7. The highest BCUT2D eigenvalue weighted by Gasteiger charge is 2.25. The van der Waals surface area contributed by atoms with Crippen LogP contribution in [0.3, 0.4) is 0 Å². The molecule has 0 bridgehead atoms. The van der Waals surface area contributed by atoms with Crippen LogP contribution in [0.1, 0.15) is 0 Å². The van der Waals surface area contributed by atoms with Gasteiger partial charge in [-0.25, -0.2) is 9.67 Å². The lowest BCUT2D eigenvalue weighted by Gasteiger charge is -2.15. The van der Waals surface area contributed by atoms with E-state index in [1.165, 1.54) is 16.0 Å². The Labute approximate surface area is 140 Å². The molecule has 0 saturated carbocycles. The molecule has 122 valence electrons. The molecule has 0 unspecified atom stereocenters. The molecule has 1 aliphatic rings. The maximum absolute atomic E-state index is 11.2. The second-order valence-electron chi connectivity index (χ2n) is 5.00. The summed E-state index contributed by atoms with van der Waals surface area (Å²) in [5.74, 6) is 1.13. The molecule has 3 aromatic heterocycles. The average Bonchev–Trinajstić information content (AvgIpc) is 3.19. The van der Waals surface area contributed by atoms with Crippen molar-refractivity contribution < 1.29 is 19.4 Å². The van der Waals surface area contributed by atoms with Gasteiger partial charge in [-0.1, -0.05) is 0 Å². The van der Waals surface area contributed by atoms with Crippen molar-refractivity contribution in [2.75, 3.05) is 13.2 Å². The SMILES string of the molecule is O=C(O)Cn1nc(-c2ccncc2)nc1-c1scc2c1OCCO2. The van der Waals surface area contributed by atoms with Gasteiger partial charge in [0.25, 0.3) is 0 Å². The van der Waals surface area contributed by atoms with Gasteiger partial charge >= 0.3 is 5.97 Å². The lowest BCUT2D eigenvalue weighted by atomic mass is 10.2. The number of aromatic nitrogens is 4. The predicted octanol–water partition coefficient (Wildman–Crippen LogP) is 1.92.